The standard InChI is InChI=1S/C10H18N2O/c1-10(13)6-3-4-8-12(2)9-5-7-11/h3-6,8-9H2,1-2H3. The van der Waals surface area contributed by atoms with Crippen molar-refractivity contribution in [3.05, 3.63) is 0 Å². The Kier molecular flexibility index (Phi) is 7.23. The van der Waals surface area contributed by atoms with Crippen LogP contribution >= 0.6 is 0 Å². The first-order valence-electron chi connectivity index (χ1n) is 4.71. The fraction of sp³-hybridized carbons (Fsp3) is 0.800. The number of hydrogen-bond acceptors (Lipinski definition) is 3. The molecule has 0 unspecified atom stereocenters. The summed E-state index contributed by atoms with van der Waals surface area (Å²) in [5.41, 5.74) is 0. The summed E-state index contributed by atoms with van der Waals surface area (Å²) < 4.78 is 0. The van der Waals surface area contributed by atoms with E-state index in [-0.39, 0.29) is 5.78 Å². The van der Waals surface area contributed by atoms with Gasteiger partial charge in [-0.1, -0.05) is 0 Å². The monoisotopic (exact) mass is 182 g/mol. The second-order valence-electron chi connectivity index (χ2n) is 3.37. The Labute approximate surface area is 80.3 Å². The molecule has 0 aliphatic carbocycles. The third-order valence-electron chi connectivity index (χ3n) is 1.92. The summed E-state index contributed by atoms with van der Waals surface area (Å²) >= 11 is 0. The van der Waals surface area contributed by atoms with E-state index in [0.29, 0.717) is 12.8 Å². The van der Waals surface area contributed by atoms with Gasteiger partial charge in [-0.25, -0.2) is 0 Å². The fourth-order valence-electron chi connectivity index (χ4n) is 1.11. The van der Waals surface area contributed by atoms with Gasteiger partial charge in [0.25, 0.3) is 0 Å². The van der Waals surface area contributed by atoms with E-state index in [9.17, 15) is 4.79 Å². The molecule has 0 amide bonds. The summed E-state index contributed by atoms with van der Waals surface area (Å²) in [7, 11) is 2.01. The molecule has 0 aliphatic rings. The molecule has 74 valence electrons. The summed E-state index contributed by atoms with van der Waals surface area (Å²) in [4.78, 5) is 12.7. The van der Waals surface area contributed by atoms with E-state index in [4.69, 9.17) is 5.26 Å². The molecule has 0 spiro atoms. The molecule has 0 aromatic rings. The Morgan fingerprint density at radius 3 is 2.62 bits per heavy atom. The van der Waals surface area contributed by atoms with Crippen LogP contribution < -0.4 is 0 Å². The van der Waals surface area contributed by atoms with Crippen molar-refractivity contribution < 1.29 is 4.79 Å². The number of unbranched alkanes of at least 4 members (excludes halogenated alkanes) is 1. The molecule has 3 nitrogen and oxygen atoms in total. The molecule has 0 saturated heterocycles. The molecule has 0 heterocycles. The zero-order valence-electron chi connectivity index (χ0n) is 8.55. The quantitative estimate of drug-likeness (QED) is 0.562. The van der Waals surface area contributed by atoms with E-state index in [2.05, 4.69) is 11.0 Å². The average molecular weight is 182 g/mol. The van der Waals surface area contributed by atoms with Gasteiger partial charge in [-0.2, -0.15) is 5.26 Å². The third kappa shape index (κ3) is 9.03. The van der Waals surface area contributed by atoms with E-state index >= 15 is 0 Å². The zero-order chi connectivity index (χ0) is 10.1. The first-order valence-corrected chi connectivity index (χ1v) is 4.71. The highest BCUT2D eigenvalue weighted by Gasteiger charge is 1.98. The van der Waals surface area contributed by atoms with Crippen molar-refractivity contribution in [3.8, 4) is 6.07 Å². The van der Waals surface area contributed by atoms with E-state index in [1.165, 1.54) is 0 Å². The van der Waals surface area contributed by atoms with E-state index in [0.717, 1.165) is 25.9 Å². The Hall–Kier alpha value is -0.880. The van der Waals surface area contributed by atoms with Crippen LogP contribution in [0.1, 0.15) is 32.6 Å². The summed E-state index contributed by atoms with van der Waals surface area (Å²) in [6.07, 6.45) is 3.28. The average Bonchev–Trinajstić information content (AvgIpc) is 2.08. The maximum absolute atomic E-state index is 10.6. The van der Waals surface area contributed by atoms with Crippen LogP contribution in [0, 0.1) is 11.3 Å². The SMILES string of the molecule is CC(=O)CCCCN(C)CCC#N. The summed E-state index contributed by atoms with van der Waals surface area (Å²) in [5, 5.41) is 8.34. The normalized spacial score (nSPS) is 10.0. The van der Waals surface area contributed by atoms with E-state index in [1.54, 1.807) is 6.92 Å². The molecule has 0 aromatic heterocycles. The number of nitrogens with zero attached hydrogens (tertiary/aromatic N) is 2. The molecule has 0 fully saturated rings. The van der Waals surface area contributed by atoms with Crippen LogP contribution in [0.25, 0.3) is 0 Å². The van der Waals surface area contributed by atoms with Crippen molar-refractivity contribution >= 4 is 5.78 Å². The van der Waals surface area contributed by atoms with Crippen molar-refractivity contribution in [2.24, 2.45) is 0 Å². The Morgan fingerprint density at radius 2 is 2.08 bits per heavy atom. The number of ketones is 1. The molecule has 0 rings (SSSR count). The maximum atomic E-state index is 10.6. The highest BCUT2D eigenvalue weighted by molar-refractivity contribution is 5.75. The van der Waals surface area contributed by atoms with Gasteiger partial charge >= 0.3 is 0 Å². The van der Waals surface area contributed by atoms with E-state index < -0.39 is 0 Å². The predicted molar refractivity (Wildman–Crippen MR) is 52.3 cm³/mol. The molecule has 0 radical (unpaired) electrons. The minimum Gasteiger partial charge on any atom is -0.305 e. The number of Topliss-reactive ketones (excluding diaryl/α,β-unsaturated/α-hetero) is 1. The number of nitriles is 1. The van der Waals surface area contributed by atoms with Crippen LogP contribution in [-0.2, 0) is 4.79 Å². The molecular weight excluding hydrogens is 164 g/mol. The summed E-state index contributed by atoms with van der Waals surface area (Å²) in [6, 6.07) is 2.11. The van der Waals surface area contributed by atoms with Crippen molar-refractivity contribution in [1.82, 2.24) is 4.90 Å². The lowest BCUT2D eigenvalue weighted by Gasteiger charge is -2.13. The molecule has 0 aromatic carbocycles. The lowest BCUT2D eigenvalue weighted by Crippen LogP contribution is -2.20. The third-order valence-corrected chi connectivity index (χ3v) is 1.92. The van der Waals surface area contributed by atoms with Gasteiger partial charge in [0, 0.05) is 19.4 Å². The van der Waals surface area contributed by atoms with Crippen molar-refractivity contribution in [2.45, 2.75) is 32.6 Å². The summed E-state index contributed by atoms with van der Waals surface area (Å²) in [6.45, 7) is 3.44. The smallest absolute Gasteiger partial charge is 0.129 e. The van der Waals surface area contributed by atoms with E-state index in [1.807, 2.05) is 7.05 Å². The minimum absolute atomic E-state index is 0.264. The molecule has 0 atom stereocenters. The van der Waals surface area contributed by atoms with Gasteiger partial charge in [0.05, 0.1) is 6.07 Å². The highest BCUT2D eigenvalue weighted by atomic mass is 16.1. The van der Waals surface area contributed by atoms with Crippen molar-refractivity contribution in [1.29, 1.82) is 5.26 Å². The van der Waals surface area contributed by atoms with Gasteiger partial charge in [-0.15, -0.1) is 0 Å². The molecule has 13 heavy (non-hydrogen) atoms. The maximum Gasteiger partial charge on any atom is 0.129 e. The Balaban J connectivity index is 3.22. The van der Waals surface area contributed by atoms with Crippen LogP contribution in [0.15, 0.2) is 0 Å². The van der Waals surface area contributed by atoms with Crippen LogP contribution in [0.4, 0.5) is 0 Å². The topological polar surface area (TPSA) is 44.1 Å². The molecule has 0 saturated carbocycles. The van der Waals surface area contributed by atoms with Gasteiger partial charge in [-0.05, 0) is 33.4 Å². The number of rotatable bonds is 7. The van der Waals surface area contributed by atoms with Crippen LogP contribution in [0.5, 0.6) is 0 Å². The van der Waals surface area contributed by atoms with Gasteiger partial charge in [0.1, 0.15) is 5.78 Å². The van der Waals surface area contributed by atoms with Gasteiger partial charge in [0.15, 0.2) is 0 Å². The molecule has 0 aliphatic heterocycles. The molecule has 0 bridgehead atoms. The second-order valence-corrected chi connectivity index (χ2v) is 3.37. The molecule has 0 N–H and O–H groups in total. The minimum atomic E-state index is 0.264. The van der Waals surface area contributed by atoms with Crippen LogP contribution in [0.3, 0.4) is 0 Å². The summed E-state index contributed by atoms with van der Waals surface area (Å²) in [5.74, 6) is 0.264. The first kappa shape index (κ1) is 12.1. The lowest BCUT2D eigenvalue weighted by atomic mass is 10.2. The van der Waals surface area contributed by atoms with Gasteiger partial charge in [-0.3, -0.25) is 0 Å². The van der Waals surface area contributed by atoms with Crippen LogP contribution in [-0.4, -0.2) is 30.8 Å². The fourth-order valence-corrected chi connectivity index (χ4v) is 1.11. The first-order chi connectivity index (χ1) is 6.16. The van der Waals surface area contributed by atoms with Crippen molar-refractivity contribution in [3.63, 3.8) is 0 Å². The Bertz CT molecular complexity index is 184. The van der Waals surface area contributed by atoms with Crippen LogP contribution in [0.2, 0.25) is 0 Å². The van der Waals surface area contributed by atoms with Gasteiger partial charge in [0.2, 0.25) is 0 Å². The molecule has 3 heteroatoms. The lowest BCUT2D eigenvalue weighted by molar-refractivity contribution is -0.117. The second kappa shape index (κ2) is 7.75. The predicted octanol–water partition coefficient (Wildman–Crippen LogP) is 1.59. The Morgan fingerprint density at radius 1 is 1.38 bits per heavy atom. The largest absolute Gasteiger partial charge is 0.305 e. The van der Waals surface area contributed by atoms with Crippen molar-refractivity contribution in [2.75, 3.05) is 20.1 Å². The number of carbonyl (C=O) groups excluding carboxylic acids is 1. The van der Waals surface area contributed by atoms with Gasteiger partial charge < -0.3 is 9.69 Å². The zero-order valence-corrected chi connectivity index (χ0v) is 8.55. The molecular formula is C10H18N2O. The number of carbonyl (C=O) groups is 1. The number of hydrogen-bond donors (Lipinski definition) is 0. The highest BCUT2D eigenvalue weighted by Crippen LogP contribution is 1.98.